The molecule has 0 radical (unpaired) electrons. The second kappa shape index (κ2) is 6.05. The third kappa shape index (κ3) is 3.48. The summed E-state index contributed by atoms with van der Waals surface area (Å²) in [6.45, 7) is 1.76. The number of para-hydroxylation sites is 1. The molecule has 1 atom stereocenters. The van der Waals surface area contributed by atoms with E-state index in [0.717, 1.165) is 5.69 Å². The maximum absolute atomic E-state index is 12.1. The van der Waals surface area contributed by atoms with Gasteiger partial charge in [-0.25, -0.2) is 4.79 Å². The Kier molecular flexibility index (Phi) is 4.71. The van der Waals surface area contributed by atoms with Gasteiger partial charge in [0.1, 0.15) is 0 Å². The monoisotopic (exact) mass is 250 g/mol. The lowest BCUT2D eigenvalue weighted by Crippen LogP contribution is -2.41. The lowest BCUT2D eigenvalue weighted by molar-refractivity contribution is -0.141. The van der Waals surface area contributed by atoms with Crippen molar-refractivity contribution in [3.63, 3.8) is 0 Å². The van der Waals surface area contributed by atoms with Crippen LogP contribution < -0.4 is 4.90 Å². The average molecular weight is 250 g/mol. The van der Waals surface area contributed by atoms with E-state index >= 15 is 0 Å². The number of nitrogens with zero attached hydrogens (tertiary/aromatic N) is 2. The maximum Gasteiger partial charge on any atom is 0.323 e. The van der Waals surface area contributed by atoms with Crippen LogP contribution in [0.1, 0.15) is 6.92 Å². The Labute approximate surface area is 107 Å². The minimum absolute atomic E-state index is 0.186. The first-order valence-corrected chi connectivity index (χ1v) is 5.70. The first-order chi connectivity index (χ1) is 8.43. The van der Waals surface area contributed by atoms with Gasteiger partial charge < -0.3 is 10.0 Å². The van der Waals surface area contributed by atoms with Crippen LogP contribution in [0.3, 0.4) is 0 Å². The van der Waals surface area contributed by atoms with Gasteiger partial charge in [0.2, 0.25) is 0 Å². The molecule has 1 aromatic rings. The van der Waals surface area contributed by atoms with E-state index in [2.05, 4.69) is 0 Å². The number of benzene rings is 1. The summed E-state index contributed by atoms with van der Waals surface area (Å²) in [6.07, 6.45) is 0. The summed E-state index contributed by atoms with van der Waals surface area (Å²) in [4.78, 5) is 25.7. The van der Waals surface area contributed by atoms with Gasteiger partial charge in [-0.1, -0.05) is 25.1 Å². The summed E-state index contributed by atoms with van der Waals surface area (Å²) in [5.74, 6) is -1.49. The SMILES string of the molecule is CC(CN(C)C(=O)N(C)c1ccccc1)C(=O)O. The van der Waals surface area contributed by atoms with Gasteiger partial charge in [-0.15, -0.1) is 0 Å². The average Bonchev–Trinajstić information content (AvgIpc) is 2.37. The van der Waals surface area contributed by atoms with E-state index in [1.165, 1.54) is 9.80 Å². The third-order valence-electron chi connectivity index (χ3n) is 2.73. The quantitative estimate of drug-likeness (QED) is 0.887. The van der Waals surface area contributed by atoms with Gasteiger partial charge >= 0.3 is 12.0 Å². The summed E-state index contributed by atoms with van der Waals surface area (Å²) in [6, 6.07) is 8.99. The van der Waals surface area contributed by atoms with Gasteiger partial charge in [0.15, 0.2) is 0 Å². The number of anilines is 1. The van der Waals surface area contributed by atoms with Crippen molar-refractivity contribution in [3.8, 4) is 0 Å². The standard InChI is InChI=1S/C13H18N2O3/c1-10(12(16)17)9-14(2)13(18)15(3)11-7-5-4-6-8-11/h4-8,10H,9H2,1-3H3,(H,16,17). The Hall–Kier alpha value is -2.04. The molecule has 0 spiro atoms. The van der Waals surface area contributed by atoms with Crippen molar-refractivity contribution in [2.45, 2.75) is 6.92 Å². The molecule has 0 aliphatic heterocycles. The minimum atomic E-state index is -0.906. The molecule has 18 heavy (non-hydrogen) atoms. The molecule has 0 aliphatic rings. The normalized spacial score (nSPS) is 11.7. The highest BCUT2D eigenvalue weighted by atomic mass is 16.4. The molecule has 1 aromatic carbocycles. The van der Waals surface area contributed by atoms with Crippen molar-refractivity contribution in [1.82, 2.24) is 4.90 Å². The second-order valence-electron chi connectivity index (χ2n) is 4.30. The van der Waals surface area contributed by atoms with E-state index in [1.807, 2.05) is 30.3 Å². The Morgan fingerprint density at radius 1 is 1.22 bits per heavy atom. The highest BCUT2D eigenvalue weighted by molar-refractivity contribution is 5.91. The van der Waals surface area contributed by atoms with Crippen molar-refractivity contribution in [1.29, 1.82) is 0 Å². The molecule has 0 aromatic heterocycles. The molecule has 98 valence electrons. The highest BCUT2D eigenvalue weighted by Crippen LogP contribution is 2.13. The maximum atomic E-state index is 12.1. The molecule has 1 rings (SSSR count). The topological polar surface area (TPSA) is 60.9 Å². The smallest absolute Gasteiger partial charge is 0.323 e. The van der Waals surface area contributed by atoms with Crippen molar-refractivity contribution >= 4 is 17.7 Å². The predicted molar refractivity (Wildman–Crippen MR) is 69.7 cm³/mol. The van der Waals surface area contributed by atoms with Crippen LogP contribution in [0.25, 0.3) is 0 Å². The van der Waals surface area contributed by atoms with Gasteiger partial charge in [0.25, 0.3) is 0 Å². The fraction of sp³-hybridized carbons (Fsp3) is 0.385. The summed E-state index contributed by atoms with van der Waals surface area (Å²) in [5, 5.41) is 8.82. The molecule has 1 N–H and O–H groups in total. The third-order valence-corrected chi connectivity index (χ3v) is 2.73. The molecule has 0 fully saturated rings. The zero-order valence-electron chi connectivity index (χ0n) is 10.8. The minimum Gasteiger partial charge on any atom is -0.481 e. The molecule has 0 bridgehead atoms. The number of hydrogen-bond donors (Lipinski definition) is 1. The van der Waals surface area contributed by atoms with Crippen LogP contribution >= 0.6 is 0 Å². The lowest BCUT2D eigenvalue weighted by atomic mass is 10.2. The second-order valence-corrected chi connectivity index (χ2v) is 4.30. The first-order valence-electron chi connectivity index (χ1n) is 5.70. The van der Waals surface area contributed by atoms with Crippen molar-refractivity contribution < 1.29 is 14.7 Å². The first kappa shape index (κ1) is 14.0. The molecular formula is C13H18N2O3. The molecule has 5 nitrogen and oxygen atoms in total. The van der Waals surface area contributed by atoms with Crippen LogP contribution in [-0.4, -0.2) is 42.6 Å². The Bertz CT molecular complexity index is 420. The molecular weight excluding hydrogens is 232 g/mol. The van der Waals surface area contributed by atoms with E-state index < -0.39 is 11.9 Å². The van der Waals surface area contributed by atoms with Gasteiger partial charge in [-0.3, -0.25) is 9.69 Å². The van der Waals surface area contributed by atoms with E-state index in [9.17, 15) is 9.59 Å². The summed E-state index contributed by atoms with van der Waals surface area (Å²) in [7, 11) is 3.26. The zero-order chi connectivity index (χ0) is 13.7. The Morgan fingerprint density at radius 2 is 1.78 bits per heavy atom. The molecule has 2 amide bonds. The number of carbonyl (C=O) groups is 2. The van der Waals surface area contributed by atoms with E-state index in [-0.39, 0.29) is 12.6 Å². The van der Waals surface area contributed by atoms with Crippen LogP contribution in [0.2, 0.25) is 0 Å². The van der Waals surface area contributed by atoms with Crippen molar-refractivity contribution in [2.75, 3.05) is 25.5 Å². The van der Waals surface area contributed by atoms with E-state index in [1.54, 1.807) is 21.0 Å². The number of carbonyl (C=O) groups excluding carboxylic acids is 1. The highest BCUT2D eigenvalue weighted by Gasteiger charge is 2.20. The molecule has 5 heteroatoms. The van der Waals surface area contributed by atoms with Gasteiger partial charge in [0, 0.05) is 26.3 Å². The van der Waals surface area contributed by atoms with E-state index in [4.69, 9.17) is 5.11 Å². The largest absolute Gasteiger partial charge is 0.481 e. The fourth-order valence-electron chi connectivity index (χ4n) is 1.59. The molecule has 1 unspecified atom stereocenters. The molecule has 0 saturated carbocycles. The lowest BCUT2D eigenvalue weighted by Gasteiger charge is -2.26. The Balaban J connectivity index is 2.67. The van der Waals surface area contributed by atoms with Gasteiger partial charge in [-0.2, -0.15) is 0 Å². The number of hydrogen-bond acceptors (Lipinski definition) is 2. The zero-order valence-corrected chi connectivity index (χ0v) is 10.8. The van der Waals surface area contributed by atoms with Crippen molar-refractivity contribution in [3.05, 3.63) is 30.3 Å². The predicted octanol–water partition coefficient (Wildman–Crippen LogP) is 1.90. The number of aliphatic carboxylic acids is 1. The fourth-order valence-corrected chi connectivity index (χ4v) is 1.59. The Morgan fingerprint density at radius 3 is 2.28 bits per heavy atom. The number of carboxylic acids is 1. The molecule has 0 aliphatic carbocycles. The molecule has 0 saturated heterocycles. The van der Waals surface area contributed by atoms with Crippen molar-refractivity contribution in [2.24, 2.45) is 5.92 Å². The van der Waals surface area contributed by atoms with Crippen LogP contribution in [0.15, 0.2) is 30.3 Å². The number of rotatable bonds is 4. The van der Waals surface area contributed by atoms with Gasteiger partial charge in [0.05, 0.1) is 5.92 Å². The van der Waals surface area contributed by atoms with Crippen LogP contribution in [0.4, 0.5) is 10.5 Å². The van der Waals surface area contributed by atoms with Crippen LogP contribution in [-0.2, 0) is 4.79 Å². The van der Waals surface area contributed by atoms with Crippen LogP contribution in [0.5, 0.6) is 0 Å². The summed E-state index contributed by atoms with van der Waals surface area (Å²) < 4.78 is 0. The summed E-state index contributed by atoms with van der Waals surface area (Å²) in [5.41, 5.74) is 0.775. The van der Waals surface area contributed by atoms with Gasteiger partial charge in [-0.05, 0) is 12.1 Å². The van der Waals surface area contributed by atoms with E-state index in [0.29, 0.717) is 0 Å². The summed E-state index contributed by atoms with van der Waals surface area (Å²) >= 11 is 0. The van der Waals surface area contributed by atoms with Crippen LogP contribution in [0, 0.1) is 5.92 Å². The molecule has 0 heterocycles. The number of urea groups is 1. The number of amides is 2. The number of carboxylic acid groups (broad SMARTS) is 1.